The van der Waals surface area contributed by atoms with E-state index in [1.165, 1.54) is 12.4 Å². The van der Waals surface area contributed by atoms with Gasteiger partial charge < -0.3 is 15.2 Å². The minimum absolute atomic E-state index is 0.176. The lowest BCUT2D eigenvalue weighted by Gasteiger charge is -2.32. The van der Waals surface area contributed by atoms with Crippen LogP contribution < -0.4 is 10.2 Å². The van der Waals surface area contributed by atoms with Gasteiger partial charge in [-0.3, -0.25) is 4.79 Å². The van der Waals surface area contributed by atoms with Crippen molar-refractivity contribution in [2.75, 3.05) is 23.3 Å². The fraction of sp³-hybridized carbons (Fsp3) is 0.294. The quantitative estimate of drug-likeness (QED) is 0.764. The maximum absolute atomic E-state index is 13.7. The smallest absolute Gasteiger partial charge is 0.229 e. The van der Waals surface area contributed by atoms with E-state index in [0.717, 1.165) is 30.7 Å². The molecule has 0 bridgehead atoms. The van der Waals surface area contributed by atoms with Gasteiger partial charge in [0.2, 0.25) is 5.91 Å². The predicted octanol–water partition coefficient (Wildman–Crippen LogP) is 2.35. The molecule has 25 heavy (non-hydrogen) atoms. The topological polar surface area (TPSA) is 86.8 Å². The Labute approximate surface area is 143 Å². The van der Waals surface area contributed by atoms with Gasteiger partial charge in [0.25, 0.3) is 0 Å². The maximum Gasteiger partial charge on any atom is 0.229 e. The molecule has 4 rings (SSSR count). The number of piperidine rings is 1. The van der Waals surface area contributed by atoms with Crippen molar-refractivity contribution in [3.63, 3.8) is 0 Å². The SMILES string of the molecule is O=C(Nc1ccccc1F)[C@H]1CCCN(c2ncnc3nc[nH]c23)C1. The number of para-hydroxylation sites is 1. The average Bonchev–Trinajstić information content (AvgIpc) is 3.12. The molecule has 1 aliphatic heterocycles. The summed E-state index contributed by atoms with van der Waals surface area (Å²) in [5.41, 5.74) is 1.57. The average molecular weight is 340 g/mol. The fourth-order valence-corrected chi connectivity index (χ4v) is 3.17. The number of fused-ring (bicyclic) bond motifs is 1. The number of anilines is 2. The molecule has 0 saturated carbocycles. The second-order valence-corrected chi connectivity index (χ2v) is 6.05. The van der Waals surface area contributed by atoms with Gasteiger partial charge in [0, 0.05) is 13.1 Å². The van der Waals surface area contributed by atoms with Crippen molar-refractivity contribution in [1.82, 2.24) is 19.9 Å². The number of halogens is 1. The molecular weight excluding hydrogens is 323 g/mol. The molecule has 1 aliphatic rings. The lowest BCUT2D eigenvalue weighted by Crippen LogP contribution is -2.41. The van der Waals surface area contributed by atoms with Gasteiger partial charge in [-0.25, -0.2) is 19.3 Å². The monoisotopic (exact) mass is 340 g/mol. The van der Waals surface area contributed by atoms with Crippen LogP contribution in [0.5, 0.6) is 0 Å². The third-order valence-corrected chi connectivity index (χ3v) is 4.43. The molecule has 2 aromatic heterocycles. The number of carbonyl (C=O) groups excluding carboxylic acids is 1. The number of H-pyrrole nitrogens is 1. The van der Waals surface area contributed by atoms with Crippen molar-refractivity contribution in [2.45, 2.75) is 12.8 Å². The number of carbonyl (C=O) groups is 1. The van der Waals surface area contributed by atoms with Crippen molar-refractivity contribution >= 4 is 28.6 Å². The Morgan fingerprint density at radius 1 is 1.28 bits per heavy atom. The van der Waals surface area contributed by atoms with Crippen molar-refractivity contribution in [1.29, 1.82) is 0 Å². The largest absolute Gasteiger partial charge is 0.354 e. The first-order valence-corrected chi connectivity index (χ1v) is 8.17. The number of aromatic amines is 1. The zero-order valence-electron chi connectivity index (χ0n) is 13.4. The zero-order valence-corrected chi connectivity index (χ0v) is 13.4. The van der Waals surface area contributed by atoms with Gasteiger partial charge >= 0.3 is 0 Å². The first kappa shape index (κ1) is 15.5. The molecule has 1 fully saturated rings. The van der Waals surface area contributed by atoms with Crippen LogP contribution in [0.2, 0.25) is 0 Å². The Hall–Kier alpha value is -3.03. The van der Waals surface area contributed by atoms with Crippen LogP contribution in [0.1, 0.15) is 12.8 Å². The van der Waals surface area contributed by atoms with Gasteiger partial charge in [0.05, 0.1) is 17.9 Å². The molecular formula is C17H17FN6O. The molecule has 0 radical (unpaired) electrons. The van der Waals surface area contributed by atoms with Crippen LogP contribution in [0.15, 0.2) is 36.9 Å². The van der Waals surface area contributed by atoms with Crippen LogP contribution >= 0.6 is 0 Å². The summed E-state index contributed by atoms with van der Waals surface area (Å²) >= 11 is 0. The second-order valence-electron chi connectivity index (χ2n) is 6.05. The van der Waals surface area contributed by atoms with E-state index in [1.54, 1.807) is 24.5 Å². The molecule has 3 heterocycles. The fourth-order valence-electron chi connectivity index (χ4n) is 3.17. The second kappa shape index (κ2) is 6.46. The zero-order chi connectivity index (χ0) is 17.2. The molecule has 1 atom stereocenters. The molecule has 0 unspecified atom stereocenters. The van der Waals surface area contributed by atoms with Gasteiger partial charge in [-0.15, -0.1) is 0 Å². The van der Waals surface area contributed by atoms with Gasteiger partial charge in [-0.2, -0.15) is 0 Å². The predicted molar refractivity (Wildman–Crippen MR) is 91.7 cm³/mol. The minimum Gasteiger partial charge on any atom is -0.354 e. The van der Waals surface area contributed by atoms with Crippen molar-refractivity contribution in [3.8, 4) is 0 Å². The maximum atomic E-state index is 13.7. The number of hydrogen-bond donors (Lipinski definition) is 2. The lowest BCUT2D eigenvalue weighted by atomic mass is 9.97. The summed E-state index contributed by atoms with van der Waals surface area (Å²) < 4.78 is 13.7. The number of benzene rings is 1. The number of aromatic nitrogens is 4. The van der Waals surface area contributed by atoms with Crippen molar-refractivity contribution < 1.29 is 9.18 Å². The number of imidazole rings is 1. The highest BCUT2D eigenvalue weighted by atomic mass is 19.1. The Morgan fingerprint density at radius 3 is 3.04 bits per heavy atom. The summed E-state index contributed by atoms with van der Waals surface area (Å²) in [5, 5.41) is 2.69. The van der Waals surface area contributed by atoms with Gasteiger partial charge in [0.15, 0.2) is 11.5 Å². The molecule has 0 aliphatic carbocycles. The first-order valence-electron chi connectivity index (χ1n) is 8.17. The van der Waals surface area contributed by atoms with Crippen LogP contribution in [0, 0.1) is 11.7 Å². The number of nitrogens with one attached hydrogen (secondary N) is 2. The van der Waals surface area contributed by atoms with E-state index in [9.17, 15) is 9.18 Å². The minimum atomic E-state index is -0.432. The molecule has 0 spiro atoms. The van der Waals surface area contributed by atoms with Crippen LogP contribution in [0.4, 0.5) is 15.9 Å². The number of amides is 1. The molecule has 7 nitrogen and oxygen atoms in total. The van der Waals surface area contributed by atoms with E-state index in [-0.39, 0.29) is 17.5 Å². The number of rotatable bonds is 3. The van der Waals surface area contributed by atoms with E-state index < -0.39 is 5.82 Å². The molecule has 8 heteroatoms. The van der Waals surface area contributed by atoms with Crippen LogP contribution in [-0.4, -0.2) is 38.9 Å². The number of nitrogens with zero attached hydrogens (tertiary/aromatic N) is 4. The summed E-state index contributed by atoms with van der Waals surface area (Å²) in [5.74, 6) is -0.102. The lowest BCUT2D eigenvalue weighted by molar-refractivity contribution is -0.120. The summed E-state index contributed by atoms with van der Waals surface area (Å²) in [4.78, 5) is 30.3. The van der Waals surface area contributed by atoms with Crippen LogP contribution in [0.3, 0.4) is 0 Å². The Morgan fingerprint density at radius 2 is 2.16 bits per heavy atom. The van der Waals surface area contributed by atoms with E-state index in [0.29, 0.717) is 12.2 Å². The van der Waals surface area contributed by atoms with E-state index in [2.05, 4.69) is 30.2 Å². The molecule has 128 valence electrons. The first-order chi connectivity index (χ1) is 12.2. The van der Waals surface area contributed by atoms with Crippen LogP contribution in [-0.2, 0) is 4.79 Å². The summed E-state index contributed by atoms with van der Waals surface area (Å²) in [7, 11) is 0. The summed E-state index contributed by atoms with van der Waals surface area (Å²) in [6.07, 6.45) is 4.67. The molecule has 1 saturated heterocycles. The Bertz CT molecular complexity index is 911. The normalized spacial score (nSPS) is 17.6. The summed E-state index contributed by atoms with van der Waals surface area (Å²) in [6.45, 7) is 1.32. The van der Waals surface area contributed by atoms with E-state index in [1.807, 2.05) is 0 Å². The van der Waals surface area contributed by atoms with Crippen molar-refractivity contribution in [3.05, 3.63) is 42.7 Å². The molecule has 3 aromatic rings. The highest BCUT2D eigenvalue weighted by Gasteiger charge is 2.28. The third-order valence-electron chi connectivity index (χ3n) is 4.43. The molecule has 2 N–H and O–H groups in total. The highest BCUT2D eigenvalue weighted by Crippen LogP contribution is 2.26. The van der Waals surface area contributed by atoms with Crippen molar-refractivity contribution in [2.24, 2.45) is 5.92 Å². The van der Waals surface area contributed by atoms with Crippen LogP contribution in [0.25, 0.3) is 11.2 Å². The molecule has 1 aromatic carbocycles. The van der Waals surface area contributed by atoms with Gasteiger partial charge in [-0.05, 0) is 25.0 Å². The van der Waals surface area contributed by atoms with E-state index in [4.69, 9.17) is 0 Å². The van der Waals surface area contributed by atoms with Gasteiger partial charge in [0.1, 0.15) is 17.7 Å². The van der Waals surface area contributed by atoms with E-state index >= 15 is 0 Å². The number of hydrogen-bond acceptors (Lipinski definition) is 5. The Balaban J connectivity index is 1.52. The highest BCUT2D eigenvalue weighted by molar-refractivity contribution is 5.93. The Kier molecular flexibility index (Phi) is 4.01. The molecule has 1 amide bonds. The third kappa shape index (κ3) is 3.02. The summed E-state index contributed by atoms with van der Waals surface area (Å²) in [6, 6.07) is 6.19. The van der Waals surface area contributed by atoms with Gasteiger partial charge in [-0.1, -0.05) is 12.1 Å². The standard InChI is InChI=1S/C17H17FN6O/c18-12-5-1-2-6-13(12)23-17(25)11-4-3-7-24(8-11)16-14-15(20-9-19-14)21-10-22-16/h1-2,5-6,9-11H,3-4,7-8H2,(H,23,25)(H,19,20,21,22)/t11-/m0/s1.